The third kappa shape index (κ3) is 1.77. The van der Waals surface area contributed by atoms with Crippen molar-refractivity contribution in [2.75, 3.05) is 5.73 Å². The normalized spacial score (nSPS) is 10.5. The Morgan fingerprint density at radius 1 is 1.55 bits per heavy atom. The first kappa shape index (κ1) is 8.20. The predicted molar refractivity (Wildman–Crippen MR) is 38.6 cm³/mol. The molecular weight excluding hydrogens is 174 g/mol. The van der Waals surface area contributed by atoms with Crippen LogP contribution in [0, 0.1) is 0 Å². The molecule has 0 atom stereocenters. The van der Waals surface area contributed by atoms with Gasteiger partial charge in [0, 0.05) is 11.8 Å². The first-order chi connectivity index (χ1) is 5.11. The lowest BCUT2D eigenvalue weighted by atomic mass is 10.3. The van der Waals surface area contributed by atoms with Gasteiger partial charge in [0.1, 0.15) is 5.82 Å². The van der Waals surface area contributed by atoms with Gasteiger partial charge in [-0.2, -0.15) is 0 Å². The quantitative estimate of drug-likeness (QED) is 0.717. The van der Waals surface area contributed by atoms with Gasteiger partial charge >= 0.3 is 0 Å². The van der Waals surface area contributed by atoms with Crippen LogP contribution >= 0.6 is 11.6 Å². The molecule has 1 aromatic heterocycles. The summed E-state index contributed by atoms with van der Waals surface area (Å²) in [7, 11) is 0. The van der Waals surface area contributed by atoms with Crippen LogP contribution in [-0.4, -0.2) is 4.98 Å². The van der Waals surface area contributed by atoms with Crippen LogP contribution in [-0.2, 0) is 0 Å². The van der Waals surface area contributed by atoms with Gasteiger partial charge < -0.3 is 5.73 Å². The van der Waals surface area contributed by atoms with Gasteiger partial charge in [-0.3, -0.25) is 0 Å². The maximum Gasteiger partial charge on any atom is 0.265 e. The Morgan fingerprint density at radius 2 is 2.18 bits per heavy atom. The zero-order chi connectivity index (χ0) is 8.43. The smallest absolute Gasteiger partial charge is 0.265 e. The highest BCUT2D eigenvalue weighted by atomic mass is 35.5. The molecule has 1 rings (SSSR count). The molecule has 0 fully saturated rings. The average molecular weight is 179 g/mol. The van der Waals surface area contributed by atoms with Crippen molar-refractivity contribution in [3.05, 3.63) is 22.8 Å². The number of rotatable bonds is 1. The molecule has 0 saturated heterocycles. The highest BCUT2D eigenvalue weighted by molar-refractivity contribution is 6.31. The number of nitrogens with two attached hydrogens (primary N) is 1. The van der Waals surface area contributed by atoms with Gasteiger partial charge in [-0.1, -0.05) is 11.6 Å². The molecule has 2 N–H and O–H groups in total. The van der Waals surface area contributed by atoms with E-state index >= 15 is 0 Å². The van der Waals surface area contributed by atoms with Crippen LogP contribution in [0.3, 0.4) is 0 Å². The molecule has 1 heterocycles. The summed E-state index contributed by atoms with van der Waals surface area (Å²) < 4.78 is 24.1. The molecule has 5 heteroatoms. The fourth-order valence-electron chi connectivity index (χ4n) is 0.639. The first-order valence-electron chi connectivity index (χ1n) is 2.80. The number of hydrogen-bond acceptors (Lipinski definition) is 2. The maximum atomic E-state index is 12.0. The minimum atomic E-state index is -2.60. The number of alkyl halides is 2. The van der Waals surface area contributed by atoms with E-state index in [-0.39, 0.29) is 16.4 Å². The Kier molecular flexibility index (Phi) is 2.24. The van der Waals surface area contributed by atoms with E-state index in [0.29, 0.717) is 0 Å². The molecule has 0 amide bonds. The van der Waals surface area contributed by atoms with Crippen molar-refractivity contribution in [1.82, 2.24) is 4.98 Å². The molecule has 0 saturated carbocycles. The van der Waals surface area contributed by atoms with Gasteiger partial charge in [0.05, 0.1) is 5.02 Å². The van der Waals surface area contributed by atoms with E-state index in [1.165, 1.54) is 0 Å². The van der Waals surface area contributed by atoms with Crippen molar-refractivity contribution in [1.29, 1.82) is 0 Å². The predicted octanol–water partition coefficient (Wildman–Crippen LogP) is 2.25. The lowest BCUT2D eigenvalue weighted by Crippen LogP contribution is -1.93. The molecule has 60 valence electrons. The standard InChI is InChI=1S/C6H5ClF2N2/c7-4-2-11-5(10)1-3(4)6(8)9/h1-2,6H,(H2,10,11). The largest absolute Gasteiger partial charge is 0.384 e. The molecular formula is C6H5ClF2N2. The molecule has 0 aliphatic heterocycles. The van der Waals surface area contributed by atoms with Crippen molar-refractivity contribution in [2.45, 2.75) is 6.43 Å². The van der Waals surface area contributed by atoms with Crippen LogP contribution in [0.5, 0.6) is 0 Å². The van der Waals surface area contributed by atoms with Gasteiger partial charge in [-0.15, -0.1) is 0 Å². The number of nitrogen functional groups attached to an aromatic ring is 1. The summed E-state index contributed by atoms with van der Waals surface area (Å²) in [5.41, 5.74) is 4.88. The third-order valence-electron chi connectivity index (χ3n) is 1.14. The van der Waals surface area contributed by atoms with E-state index in [0.717, 1.165) is 12.3 Å². The minimum Gasteiger partial charge on any atom is -0.384 e. The zero-order valence-corrected chi connectivity index (χ0v) is 6.15. The average Bonchev–Trinajstić information content (AvgIpc) is 1.94. The second-order valence-corrected chi connectivity index (χ2v) is 2.34. The van der Waals surface area contributed by atoms with Gasteiger partial charge in [0.25, 0.3) is 6.43 Å². The van der Waals surface area contributed by atoms with Crippen molar-refractivity contribution in [2.24, 2.45) is 0 Å². The van der Waals surface area contributed by atoms with Crippen LogP contribution in [0.15, 0.2) is 12.3 Å². The monoisotopic (exact) mass is 178 g/mol. The molecule has 0 unspecified atom stereocenters. The Morgan fingerprint density at radius 3 is 2.64 bits per heavy atom. The summed E-state index contributed by atoms with van der Waals surface area (Å²) in [5, 5.41) is -0.0609. The number of hydrogen-bond donors (Lipinski definition) is 1. The van der Waals surface area contributed by atoms with Crippen LogP contribution in [0.4, 0.5) is 14.6 Å². The lowest BCUT2D eigenvalue weighted by molar-refractivity contribution is 0.151. The maximum absolute atomic E-state index is 12.0. The van der Waals surface area contributed by atoms with Crippen LogP contribution in [0.1, 0.15) is 12.0 Å². The third-order valence-corrected chi connectivity index (χ3v) is 1.46. The molecule has 0 aromatic carbocycles. The van der Waals surface area contributed by atoms with Gasteiger partial charge in [-0.05, 0) is 6.07 Å². The number of pyridine rings is 1. The fourth-order valence-corrected chi connectivity index (χ4v) is 0.824. The summed E-state index contributed by atoms with van der Waals surface area (Å²) >= 11 is 5.39. The van der Waals surface area contributed by atoms with Crippen LogP contribution in [0.25, 0.3) is 0 Å². The zero-order valence-electron chi connectivity index (χ0n) is 5.39. The molecule has 2 nitrogen and oxygen atoms in total. The van der Waals surface area contributed by atoms with E-state index in [1.54, 1.807) is 0 Å². The number of anilines is 1. The Labute approximate surface area is 67.0 Å². The highest BCUT2D eigenvalue weighted by Gasteiger charge is 2.11. The molecule has 0 aliphatic rings. The topological polar surface area (TPSA) is 38.9 Å². The van der Waals surface area contributed by atoms with Crippen LogP contribution < -0.4 is 5.73 Å². The Bertz CT molecular complexity index is 265. The summed E-state index contributed by atoms with van der Waals surface area (Å²) in [4.78, 5) is 3.53. The number of aromatic nitrogens is 1. The minimum absolute atomic E-state index is 0.0460. The lowest BCUT2D eigenvalue weighted by Gasteiger charge is -2.01. The summed E-state index contributed by atoms with van der Waals surface area (Å²) in [6, 6.07) is 1.06. The van der Waals surface area contributed by atoms with E-state index in [4.69, 9.17) is 17.3 Å². The summed E-state index contributed by atoms with van der Waals surface area (Å²) in [6.07, 6.45) is -1.49. The Hall–Kier alpha value is -0.900. The number of halogens is 3. The molecule has 1 aromatic rings. The fraction of sp³-hybridized carbons (Fsp3) is 0.167. The van der Waals surface area contributed by atoms with Crippen LogP contribution in [0.2, 0.25) is 5.02 Å². The number of nitrogens with zero attached hydrogens (tertiary/aromatic N) is 1. The van der Waals surface area contributed by atoms with Crippen molar-refractivity contribution in [3.63, 3.8) is 0 Å². The second kappa shape index (κ2) is 3.00. The van der Waals surface area contributed by atoms with E-state index < -0.39 is 6.43 Å². The molecule has 0 radical (unpaired) electrons. The first-order valence-corrected chi connectivity index (χ1v) is 3.18. The van der Waals surface area contributed by atoms with Gasteiger partial charge in [0.2, 0.25) is 0 Å². The van der Waals surface area contributed by atoms with Crippen molar-refractivity contribution < 1.29 is 8.78 Å². The Balaban J connectivity index is 3.13. The summed E-state index contributed by atoms with van der Waals surface area (Å²) in [5.74, 6) is 0.0460. The van der Waals surface area contributed by atoms with E-state index in [1.807, 2.05) is 0 Å². The van der Waals surface area contributed by atoms with E-state index in [9.17, 15) is 8.78 Å². The van der Waals surface area contributed by atoms with Crippen molar-refractivity contribution >= 4 is 17.4 Å². The van der Waals surface area contributed by atoms with Gasteiger partial charge in [-0.25, -0.2) is 13.8 Å². The van der Waals surface area contributed by atoms with E-state index in [2.05, 4.69) is 4.98 Å². The molecule has 11 heavy (non-hydrogen) atoms. The second-order valence-electron chi connectivity index (χ2n) is 1.93. The summed E-state index contributed by atoms with van der Waals surface area (Å²) in [6.45, 7) is 0. The van der Waals surface area contributed by atoms with Crippen molar-refractivity contribution in [3.8, 4) is 0 Å². The van der Waals surface area contributed by atoms with Gasteiger partial charge in [0.15, 0.2) is 0 Å². The SMILES string of the molecule is Nc1cc(C(F)F)c(Cl)cn1. The molecule has 0 spiro atoms. The molecule has 0 aliphatic carbocycles. The molecule has 0 bridgehead atoms. The highest BCUT2D eigenvalue weighted by Crippen LogP contribution is 2.26.